The molecule has 3 aliphatic rings. The minimum Gasteiger partial charge on any atom is -0.508 e. The van der Waals surface area contributed by atoms with Gasteiger partial charge in [-0.3, -0.25) is 9.59 Å². The van der Waals surface area contributed by atoms with Crippen molar-refractivity contribution in [1.82, 2.24) is 43.8 Å². The second-order valence-corrected chi connectivity index (χ2v) is 23.9. The summed E-state index contributed by atoms with van der Waals surface area (Å²) in [5, 5.41) is 31.4. The van der Waals surface area contributed by atoms with E-state index in [0.717, 1.165) is 80.5 Å². The number of halogens is 2. The van der Waals surface area contributed by atoms with Gasteiger partial charge in [0, 0.05) is 40.1 Å². The van der Waals surface area contributed by atoms with Crippen LogP contribution < -0.4 is 36.0 Å². The number of aliphatic hydroxyl groups is 1. The van der Waals surface area contributed by atoms with Crippen molar-refractivity contribution in [2.24, 2.45) is 11.5 Å². The van der Waals surface area contributed by atoms with E-state index in [-0.39, 0.29) is 53.6 Å². The molecule has 0 radical (unpaired) electrons. The van der Waals surface area contributed by atoms with E-state index in [2.05, 4.69) is 61.4 Å². The number of aromatic hydroxyl groups is 1. The van der Waals surface area contributed by atoms with E-state index in [4.69, 9.17) is 35.2 Å². The van der Waals surface area contributed by atoms with Gasteiger partial charge in [0.15, 0.2) is 23.1 Å². The molecule has 0 amide bonds. The van der Waals surface area contributed by atoms with E-state index in [0.29, 0.717) is 50.5 Å². The maximum absolute atomic E-state index is 15.0. The Kier molecular flexibility index (Phi) is 20.4. The monoisotopic (exact) mass is 1270 g/mol. The van der Waals surface area contributed by atoms with Crippen molar-refractivity contribution in [1.29, 1.82) is 0 Å². The molecule has 3 aliphatic carbocycles. The van der Waals surface area contributed by atoms with Crippen molar-refractivity contribution in [3.8, 4) is 51.6 Å². The van der Waals surface area contributed by atoms with Crippen molar-refractivity contribution < 1.29 is 52.9 Å². The fourth-order valence-electron chi connectivity index (χ4n) is 11.2. The third kappa shape index (κ3) is 14.7. The predicted molar refractivity (Wildman–Crippen MR) is 352 cm³/mol. The van der Waals surface area contributed by atoms with E-state index in [1.165, 1.54) is 35.7 Å². The number of carbonyl (C=O) groups excluding carboxylic acids is 1. The summed E-state index contributed by atoms with van der Waals surface area (Å²) in [5.41, 5.74) is 30.0. The number of nitrogens with two attached hydrogens (primary N) is 2. The first-order valence-electron chi connectivity index (χ1n) is 30.1. The molecule has 0 saturated heterocycles. The van der Waals surface area contributed by atoms with Crippen LogP contribution in [0, 0.1) is 46.3 Å². The summed E-state index contributed by atoms with van der Waals surface area (Å²) in [7, 11) is 0. The molecule has 93 heavy (non-hydrogen) atoms. The van der Waals surface area contributed by atoms with Gasteiger partial charge < -0.3 is 55.8 Å². The molecule has 4 aromatic carbocycles. The molecule has 23 heteroatoms. The van der Waals surface area contributed by atoms with Crippen LogP contribution in [0.5, 0.6) is 40.5 Å². The molecule has 9 N–H and O–H groups in total. The average molecular weight is 1270 g/mol. The fraction of sp³-hybridized carbons (Fsp3) is 0.300. The van der Waals surface area contributed by atoms with Gasteiger partial charge in [-0.2, -0.15) is 25.3 Å². The van der Waals surface area contributed by atoms with Gasteiger partial charge >= 0.3 is 5.97 Å². The number of H-pyrrole nitrogens is 1. The van der Waals surface area contributed by atoms with Crippen LogP contribution in [0.3, 0.4) is 0 Å². The Morgan fingerprint density at radius 3 is 1.62 bits per heavy atom. The Hall–Kier alpha value is -10.1. The number of esters is 1. The number of carbonyl (C=O) groups is 1. The number of hydrogen-bond donors (Lipinski definition) is 5. The van der Waals surface area contributed by atoms with Gasteiger partial charge in [0.2, 0.25) is 11.8 Å². The number of phenols is 1. The molecule has 6 aromatic heterocycles. The van der Waals surface area contributed by atoms with E-state index in [9.17, 15) is 24.2 Å². The lowest BCUT2D eigenvalue weighted by molar-refractivity contribution is -0.150. The Bertz CT molecular complexity index is 4640. The van der Waals surface area contributed by atoms with Crippen LogP contribution in [-0.4, -0.2) is 96.9 Å². The van der Waals surface area contributed by atoms with E-state index < -0.39 is 35.9 Å². The number of rotatable bonds is 14. The van der Waals surface area contributed by atoms with Crippen LogP contribution in [0.1, 0.15) is 121 Å². The number of aromatic amines is 1. The normalized spacial score (nSPS) is 13.9. The van der Waals surface area contributed by atoms with Crippen LogP contribution in [0.4, 0.5) is 8.78 Å². The van der Waals surface area contributed by atoms with Crippen LogP contribution in [0.2, 0.25) is 0 Å². The van der Waals surface area contributed by atoms with Gasteiger partial charge in [-0.15, -0.1) is 0 Å². The number of aromatic nitrogens is 9. The molecule has 21 nitrogen and oxygen atoms in total. The summed E-state index contributed by atoms with van der Waals surface area (Å²) < 4.78 is 63.0. The largest absolute Gasteiger partial charge is 0.508 e. The number of aliphatic hydroxyl groups excluding tert-OH is 1. The van der Waals surface area contributed by atoms with Gasteiger partial charge in [0.05, 0.1) is 18.5 Å². The first-order chi connectivity index (χ1) is 43.8. The molecule has 0 aliphatic heterocycles. The highest BCUT2D eigenvalue weighted by Gasteiger charge is 2.25. The minimum absolute atomic E-state index is 0. The third-order valence-corrected chi connectivity index (χ3v) is 15.9. The maximum Gasteiger partial charge on any atom is 0.323 e. The summed E-state index contributed by atoms with van der Waals surface area (Å²) in [6.07, 6.45) is 16.6. The zero-order valence-corrected chi connectivity index (χ0v) is 54.0. The Balaban J connectivity index is 0.000000152. The number of phenolic OH excluding ortho intramolecular Hbond substituents is 1. The zero-order chi connectivity index (χ0) is 66.0. The summed E-state index contributed by atoms with van der Waals surface area (Å²) in [4.78, 5) is 34.6. The molecule has 0 spiro atoms. The van der Waals surface area contributed by atoms with Crippen LogP contribution in [-0.2, 0) is 28.8 Å². The molecule has 486 valence electrons. The highest BCUT2D eigenvalue weighted by Crippen LogP contribution is 2.40. The molecule has 4 atom stereocenters. The zero-order valence-electron chi connectivity index (χ0n) is 54.0. The van der Waals surface area contributed by atoms with Crippen LogP contribution >= 0.6 is 0 Å². The quantitative estimate of drug-likeness (QED) is 0.0632. The highest BCUT2D eigenvalue weighted by atomic mass is 19.1. The van der Waals surface area contributed by atoms with Gasteiger partial charge in [-0.25, -0.2) is 22.3 Å². The molecular formula is C70H77F2N11O10. The number of benzene rings is 4. The molecule has 10 aromatic rings. The first kappa shape index (κ1) is 67.3. The lowest BCUT2D eigenvalue weighted by Crippen LogP contribution is -2.33. The second kappa shape index (κ2) is 28.2. The number of hydrogen-bond acceptors (Lipinski definition) is 16. The summed E-state index contributed by atoms with van der Waals surface area (Å²) in [6.45, 7) is 22.9. The van der Waals surface area contributed by atoms with E-state index in [1.807, 2.05) is 91.9 Å². The van der Waals surface area contributed by atoms with Crippen molar-refractivity contribution >= 4 is 40.7 Å². The Labute approximate surface area is 535 Å². The van der Waals surface area contributed by atoms with Gasteiger partial charge in [0.25, 0.3) is 5.56 Å². The molecule has 0 fully saturated rings. The van der Waals surface area contributed by atoms with E-state index in [1.54, 1.807) is 64.9 Å². The molecule has 13 rings (SSSR count). The number of fused-ring (bicyclic) bond motifs is 6. The average Bonchev–Trinajstić information content (AvgIpc) is 1.68. The minimum atomic E-state index is -0.703. The number of allylic oxidation sites excluding steroid dienone is 3. The topological polar surface area (TPSA) is 298 Å². The molecule has 0 bridgehead atoms. The Morgan fingerprint density at radius 1 is 0.624 bits per heavy atom. The number of nitrogens with zero attached hydrogens (tertiary/aromatic N) is 8. The number of ether oxygens (including phenoxy) is 5. The second-order valence-electron chi connectivity index (χ2n) is 23.9. The SMILES string of the molecule is CC1=Cc2c(ccc(O)c2C)C1.CC1=Cc2c(ccc(Oc3ncnn4cc(OC[C@@H](C)O)c(C)c34)c2F)C1.CC1=Cc2c(ccc(Oc3ncnn4cc(OC[C@@H](C)OC(=O)[C@H](C)N)c(C)c34)c2F)C1.Cc1cc(-c2cn3nc[nH]c(=O)c3c2C)cc([C@@H](C)N)c1.O. The van der Waals surface area contributed by atoms with Gasteiger partial charge in [0.1, 0.15) is 78.1 Å². The van der Waals surface area contributed by atoms with Crippen LogP contribution in [0.15, 0.2) is 114 Å². The number of nitrogens with one attached hydrogen (secondary N) is 1. The lowest BCUT2D eigenvalue weighted by atomic mass is 9.97. The van der Waals surface area contributed by atoms with Gasteiger partial charge in [-0.05, 0) is 171 Å². The van der Waals surface area contributed by atoms with Gasteiger partial charge in [-0.1, -0.05) is 70.8 Å². The Morgan fingerprint density at radius 2 is 1.12 bits per heavy atom. The smallest absolute Gasteiger partial charge is 0.323 e. The van der Waals surface area contributed by atoms with Crippen molar-refractivity contribution in [2.75, 3.05) is 13.2 Å². The van der Waals surface area contributed by atoms with Crippen molar-refractivity contribution in [3.05, 3.63) is 198 Å². The third-order valence-electron chi connectivity index (χ3n) is 15.9. The summed E-state index contributed by atoms with van der Waals surface area (Å²) >= 11 is 0. The number of aryl methyl sites for hydroxylation is 4. The molecular weight excluding hydrogens is 1190 g/mol. The predicted octanol–water partition coefficient (Wildman–Crippen LogP) is 11.4. The van der Waals surface area contributed by atoms with Crippen molar-refractivity contribution in [3.63, 3.8) is 0 Å². The van der Waals surface area contributed by atoms with Crippen LogP contribution in [0.25, 0.3) is 45.9 Å². The first-order valence-corrected chi connectivity index (χ1v) is 30.1. The standard InChI is InChI=1S/C23H25FN4O4.C20H20FN3O3.C16H18N4O.C11H12O.H2O/c1-12-7-16-5-6-18(20(24)17(16)8-12)32-22-21-14(3)19(9-28(21)27-11-26-22)30-10-13(2)31-23(29)15(4)25;1-11-6-14-4-5-16(18(21)15(14)7-11)27-20-19-13(3)17(26-9-12(2)25)8-24(19)23-10-22-20;1-9-4-12(11(3)17)6-13(5-9)14-7-20-15(10(14)2)16(21)18-8-19-20;1-7-5-9-3-4-11(12)8(2)10(9)6-7;/h5-6,8-9,11,13,15H,7,10,25H2,1-4H3;4-5,7-8,10,12,25H,6,9H2,1-3H3;4-8,11H,17H2,1-3H3,(H,18,19,21);3-4,6,12H,5H2,1-2H3;1H2/t13-,15+;12-;11-;;/m111../s1. The fourth-order valence-corrected chi connectivity index (χ4v) is 11.2. The molecule has 6 heterocycles. The summed E-state index contributed by atoms with van der Waals surface area (Å²) in [6, 6.07) is 16.3. The summed E-state index contributed by atoms with van der Waals surface area (Å²) in [5.74, 6) is 0.844. The highest BCUT2D eigenvalue weighted by molar-refractivity contribution is 5.77. The molecule has 0 unspecified atom stereocenters. The molecule has 0 saturated carbocycles. The lowest BCUT2D eigenvalue weighted by Gasteiger charge is -2.15. The van der Waals surface area contributed by atoms with E-state index >= 15 is 4.39 Å². The van der Waals surface area contributed by atoms with Crippen molar-refractivity contribution in [2.45, 2.75) is 127 Å². The maximum atomic E-state index is 15.0.